The average molecular weight is 513 g/mol. The summed E-state index contributed by atoms with van der Waals surface area (Å²) in [5, 5.41) is 5.44. The predicted molar refractivity (Wildman–Crippen MR) is 147 cm³/mol. The SMILES string of the molecule is CN1C(=O)C(NC(=O)[C@H](Cc2ccccc2)NC(=O)OC(C)(C)C)N=C(c2ccccc2)c2ccccc21. The first kappa shape index (κ1) is 26.6. The number of aliphatic imine (C=N–C) groups is 1. The number of para-hydroxylation sites is 1. The van der Waals surface area contributed by atoms with E-state index in [0.29, 0.717) is 11.4 Å². The summed E-state index contributed by atoms with van der Waals surface area (Å²) in [7, 11) is 1.66. The van der Waals surface area contributed by atoms with Crippen molar-refractivity contribution in [3.05, 3.63) is 102 Å². The number of nitrogens with zero attached hydrogens (tertiary/aromatic N) is 2. The second-order valence-corrected chi connectivity index (χ2v) is 10.1. The lowest BCUT2D eigenvalue weighted by Crippen LogP contribution is -2.54. The van der Waals surface area contributed by atoms with Crippen LogP contribution >= 0.6 is 0 Å². The maximum atomic E-state index is 13.6. The summed E-state index contributed by atoms with van der Waals surface area (Å²) < 4.78 is 5.39. The smallest absolute Gasteiger partial charge is 0.408 e. The molecule has 0 aromatic heterocycles. The van der Waals surface area contributed by atoms with Crippen LogP contribution in [-0.4, -0.2) is 48.5 Å². The number of likely N-dealkylation sites (N-methyl/N-ethyl adjacent to an activating group) is 1. The number of rotatable bonds is 6. The van der Waals surface area contributed by atoms with E-state index >= 15 is 0 Å². The topological polar surface area (TPSA) is 100 Å². The van der Waals surface area contributed by atoms with Crippen molar-refractivity contribution < 1.29 is 19.1 Å². The number of amides is 3. The number of ether oxygens (including phenoxy) is 1. The largest absolute Gasteiger partial charge is 0.444 e. The quantitative estimate of drug-likeness (QED) is 0.520. The van der Waals surface area contributed by atoms with Crippen LogP contribution in [0.25, 0.3) is 0 Å². The van der Waals surface area contributed by atoms with E-state index in [9.17, 15) is 14.4 Å². The van der Waals surface area contributed by atoms with Gasteiger partial charge in [0, 0.05) is 24.6 Å². The lowest BCUT2D eigenvalue weighted by molar-refractivity contribution is -0.128. The minimum absolute atomic E-state index is 0.206. The molecule has 196 valence electrons. The van der Waals surface area contributed by atoms with Gasteiger partial charge in [-0.3, -0.25) is 9.59 Å². The Hall–Kier alpha value is -4.46. The lowest BCUT2D eigenvalue weighted by atomic mass is 10.0. The Morgan fingerprint density at radius 3 is 2.21 bits per heavy atom. The Bertz CT molecular complexity index is 1330. The number of carbonyl (C=O) groups is 3. The van der Waals surface area contributed by atoms with Gasteiger partial charge in [-0.1, -0.05) is 78.9 Å². The molecule has 0 aliphatic carbocycles. The van der Waals surface area contributed by atoms with Crippen molar-refractivity contribution in [2.24, 2.45) is 4.99 Å². The second-order valence-electron chi connectivity index (χ2n) is 10.1. The van der Waals surface area contributed by atoms with Gasteiger partial charge in [0.1, 0.15) is 11.6 Å². The van der Waals surface area contributed by atoms with Gasteiger partial charge in [-0.05, 0) is 32.4 Å². The monoisotopic (exact) mass is 512 g/mol. The van der Waals surface area contributed by atoms with Crippen molar-refractivity contribution in [1.29, 1.82) is 0 Å². The molecule has 0 bridgehead atoms. The molecule has 0 fully saturated rings. The predicted octanol–water partition coefficient (Wildman–Crippen LogP) is 4.08. The highest BCUT2D eigenvalue weighted by atomic mass is 16.6. The molecule has 0 radical (unpaired) electrons. The van der Waals surface area contributed by atoms with Crippen molar-refractivity contribution in [1.82, 2.24) is 10.6 Å². The summed E-state index contributed by atoms with van der Waals surface area (Å²) in [6.45, 7) is 5.24. The summed E-state index contributed by atoms with van der Waals surface area (Å²) in [4.78, 5) is 45.9. The summed E-state index contributed by atoms with van der Waals surface area (Å²) in [6.07, 6.45) is -1.72. The molecular weight excluding hydrogens is 480 g/mol. The highest BCUT2D eigenvalue weighted by Crippen LogP contribution is 2.27. The third kappa shape index (κ3) is 6.45. The molecule has 3 amide bonds. The van der Waals surface area contributed by atoms with E-state index in [2.05, 4.69) is 10.6 Å². The highest BCUT2D eigenvalue weighted by molar-refractivity contribution is 6.20. The molecule has 0 saturated heterocycles. The van der Waals surface area contributed by atoms with Gasteiger partial charge in [0.2, 0.25) is 12.1 Å². The van der Waals surface area contributed by atoms with Gasteiger partial charge >= 0.3 is 6.09 Å². The molecule has 0 spiro atoms. The van der Waals surface area contributed by atoms with Crippen LogP contribution in [0.15, 0.2) is 89.9 Å². The number of benzene rings is 3. The Kier molecular flexibility index (Phi) is 7.90. The van der Waals surface area contributed by atoms with E-state index < -0.39 is 35.7 Å². The molecule has 2 atom stereocenters. The Labute approximate surface area is 222 Å². The van der Waals surface area contributed by atoms with Crippen LogP contribution in [0.5, 0.6) is 0 Å². The molecule has 3 aromatic carbocycles. The number of fused-ring (bicyclic) bond motifs is 1. The fourth-order valence-electron chi connectivity index (χ4n) is 4.19. The number of alkyl carbamates (subject to hydrolysis) is 1. The van der Waals surface area contributed by atoms with Gasteiger partial charge in [-0.15, -0.1) is 0 Å². The van der Waals surface area contributed by atoms with Gasteiger partial charge < -0.3 is 20.3 Å². The first-order chi connectivity index (χ1) is 18.1. The van der Waals surface area contributed by atoms with Crippen molar-refractivity contribution in [2.45, 2.75) is 45.0 Å². The molecule has 8 heteroatoms. The van der Waals surface area contributed by atoms with E-state index in [1.807, 2.05) is 84.9 Å². The minimum Gasteiger partial charge on any atom is -0.444 e. The number of carbonyl (C=O) groups excluding carboxylic acids is 3. The summed E-state index contributed by atoms with van der Waals surface area (Å²) in [5.41, 5.74) is 2.97. The Balaban J connectivity index is 1.66. The fraction of sp³-hybridized carbons (Fsp3) is 0.267. The fourth-order valence-corrected chi connectivity index (χ4v) is 4.19. The standard InChI is InChI=1S/C30H32N4O4/c1-30(2,3)38-29(37)31-23(19-20-13-7-5-8-14-20)27(35)33-26-28(36)34(4)24-18-12-11-17-22(24)25(32-26)21-15-9-6-10-16-21/h5-18,23,26H,19H2,1-4H3,(H,31,37)(H,33,35)/t23-,26?/m0/s1. The normalized spacial score (nSPS) is 16.0. The molecule has 3 aromatic rings. The third-order valence-corrected chi connectivity index (χ3v) is 5.96. The maximum Gasteiger partial charge on any atom is 0.408 e. The van der Waals surface area contributed by atoms with E-state index in [0.717, 1.165) is 16.7 Å². The van der Waals surface area contributed by atoms with Crippen LogP contribution in [0.3, 0.4) is 0 Å². The molecule has 4 rings (SSSR count). The molecule has 1 aliphatic heterocycles. The van der Waals surface area contributed by atoms with Gasteiger partial charge in [0.25, 0.3) is 5.91 Å². The molecule has 1 heterocycles. The molecule has 38 heavy (non-hydrogen) atoms. The van der Waals surface area contributed by atoms with E-state index in [4.69, 9.17) is 9.73 Å². The van der Waals surface area contributed by atoms with Crippen LogP contribution in [0, 0.1) is 0 Å². The van der Waals surface area contributed by atoms with Gasteiger partial charge in [0.15, 0.2) is 0 Å². The first-order valence-corrected chi connectivity index (χ1v) is 12.5. The first-order valence-electron chi connectivity index (χ1n) is 12.5. The van der Waals surface area contributed by atoms with E-state index in [1.54, 1.807) is 27.8 Å². The van der Waals surface area contributed by atoms with Crippen LogP contribution in [0.1, 0.15) is 37.5 Å². The number of hydrogen-bond acceptors (Lipinski definition) is 5. The van der Waals surface area contributed by atoms with Crippen molar-refractivity contribution in [3.63, 3.8) is 0 Å². The van der Waals surface area contributed by atoms with Crippen LogP contribution in [-0.2, 0) is 20.7 Å². The summed E-state index contributed by atoms with van der Waals surface area (Å²) >= 11 is 0. The minimum atomic E-state index is -1.20. The van der Waals surface area contributed by atoms with Crippen LogP contribution in [0.2, 0.25) is 0 Å². The maximum absolute atomic E-state index is 13.6. The zero-order valence-corrected chi connectivity index (χ0v) is 22.0. The molecule has 8 nitrogen and oxygen atoms in total. The summed E-state index contributed by atoms with van der Waals surface area (Å²) in [5.74, 6) is -0.943. The van der Waals surface area contributed by atoms with Crippen molar-refractivity contribution >= 4 is 29.3 Å². The number of anilines is 1. The Morgan fingerprint density at radius 1 is 0.947 bits per heavy atom. The Morgan fingerprint density at radius 2 is 1.55 bits per heavy atom. The van der Waals surface area contributed by atoms with Gasteiger partial charge in [-0.25, -0.2) is 9.79 Å². The van der Waals surface area contributed by atoms with Crippen LogP contribution < -0.4 is 15.5 Å². The molecule has 2 N–H and O–H groups in total. The number of benzodiazepines with no additional fused rings is 1. The number of hydrogen-bond donors (Lipinski definition) is 2. The van der Waals surface area contributed by atoms with E-state index in [1.165, 1.54) is 4.90 Å². The molecule has 1 aliphatic rings. The highest BCUT2D eigenvalue weighted by Gasteiger charge is 2.33. The zero-order valence-electron chi connectivity index (χ0n) is 22.0. The molecular formula is C30H32N4O4. The lowest BCUT2D eigenvalue weighted by Gasteiger charge is -2.25. The third-order valence-electron chi connectivity index (χ3n) is 5.96. The molecule has 0 saturated carbocycles. The number of nitrogens with one attached hydrogen (secondary N) is 2. The van der Waals surface area contributed by atoms with Gasteiger partial charge in [0.05, 0.1) is 11.4 Å². The summed E-state index contributed by atoms with van der Waals surface area (Å²) in [6, 6.07) is 25.3. The van der Waals surface area contributed by atoms with E-state index in [-0.39, 0.29) is 6.42 Å². The second kappa shape index (κ2) is 11.3. The average Bonchev–Trinajstić information content (AvgIpc) is 2.99. The zero-order chi connectivity index (χ0) is 27.3. The van der Waals surface area contributed by atoms with Crippen molar-refractivity contribution in [2.75, 3.05) is 11.9 Å². The van der Waals surface area contributed by atoms with Crippen LogP contribution in [0.4, 0.5) is 10.5 Å². The van der Waals surface area contributed by atoms with Gasteiger partial charge in [-0.2, -0.15) is 0 Å². The van der Waals surface area contributed by atoms with Crippen molar-refractivity contribution in [3.8, 4) is 0 Å². The molecule has 1 unspecified atom stereocenters.